The molecule has 0 N–H and O–H groups in total. The third-order valence-corrected chi connectivity index (χ3v) is 3.16. The van der Waals surface area contributed by atoms with E-state index in [-0.39, 0.29) is 23.8 Å². The second-order valence-electron chi connectivity index (χ2n) is 4.49. The molecule has 0 saturated carbocycles. The van der Waals surface area contributed by atoms with Crippen molar-refractivity contribution in [3.8, 4) is 0 Å². The van der Waals surface area contributed by atoms with Gasteiger partial charge in [-0.2, -0.15) is 0 Å². The van der Waals surface area contributed by atoms with Gasteiger partial charge in [0.15, 0.2) is 0 Å². The largest absolute Gasteiger partial charge is 0.456 e. The second-order valence-corrected chi connectivity index (χ2v) is 4.49. The topological polar surface area (TPSA) is 35.5 Å². The molecule has 0 bridgehead atoms. The van der Waals surface area contributed by atoms with Crippen LogP contribution in [0.15, 0.2) is 12.2 Å². The van der Waals surface area contributed by atoms with Crippen LogP contribution in [0.4, 0.5) is 0 Å². The van der Waals surface area contributed by atoms with E-state index in [1.807, 2.05) is 13.8 Å². The minimum atomic E-state index is -0.386. The molecule has 78 valence electrons. The predicted molar refractivity (Wildman–Crippen MR) is 51.8 cm³/mol. The van der Waals surface area contributed by atoms with E-state index in [9.17, 15) is 4.79 Å². The van der Waals surface area contributed by atoms with Gasteiger partial charge in [-0.3, -0.25) is 4.79 Å². The zero-order chi connectivity index (χ0) is 10.3. The molecule has 0 amide bonds. The molecule has 2 aliphatic rings. The number of fused-ring (bicyclic) bond motifs is 1. The molecule has 0 unspecified atom stereocenters. The minimum absolute atomic E-state index is 0.0783. The molecule has 0 aromatic heterocycles. The van der Waals surface area contributed by atoms with E-state index in [1.54, 1.807) is 0 Å². The maximum atomic E-state index is 11.2. The SMILES string of the molecule is C=C(C)[C@@H]1CC[C@]2(C)OC(=O)C[C@@H]2O1. The number of carbonyl (C=O) groups is 1. The van der Waals surface area contributed by atoms with Gasteiger partial charge in [0.2, 0.25) is 0 Å². The fraction of sp³-hybridized carbons (Fsp3) is 0.727. The first-order valence-electron chi connectivity index (χ1n) is 5.04. The molecule has 0 aromatic carbocycles. The van der Waals surface area contributed by atoms with Crippen LogP contribution in [-0.2, 0) is 14.3 Å². The van der Waals surface area contributed by atoms with Gasteiger partial charge in [-0.05, 0) is 26.7 Å². The van der Waals surface area contributed by atoms with Gasteiger partial charge in [0.1, 0.15) is 11.7 Å². The molecule has 2 heterocycles. The molecule has 0 aromatic rings. The number of ether oxygens (including phenoxy) is 2. The Labute approximate surface area is 84.1 Å². The third-order valence-electron chi connectivity index (χ3n) is 3.16. The molecule has 2 aliphatic heterocycles. The Morgan fingerprint density at radius 1 is 1.64 bits per heavy atom. The third kappa shape index (κ3) is 1.46. The molecule has 3 heteroatoms. The van der Waals surface area contributed by atoms with Crippen LogP contribution in [0.3, 0.4) is 0 Å². The summed E-state index contributed by atoms with van der Waals surface area (Å²) in [5.41, 5.74) is 0.648. The Balaban J connectivity index is 2.11. The Morgan fingerprint density at radius 3 is 3.00 bits per heavy atom. The van der Waals surface area contributed by atoms with Crippen molar-refractivity contribution in [3.05, 3.63) is 12.2 Å². The fourth-order valence-electron chi connectivity index (χ4n) is 2.19. The number of esters is 1. The van der Waals surface area contributed by atoms with Crippen molar-refractivity contribution in [2.75, 3.05) is 0 Å². The highest BCUT2D eigenvalue weighted by molar-refractivity contribution is 5.73. The van der Waals surface area contributed by atoms with Crippen molar-refractivity contribution in [1.29, 1.82) is 0 Å². The molecule has 2 rings (SSSR count). The van der Waals surface area contributed by atoms with E-state index in [0.717, 1.165) is 18.4 Å². The van der Waals surface area contributed by atoms with Gasteiger partial charge in [0, 0.05) is 0 Å². The molecule has 0 aliphatic carbocycles. The van der Waals surface area contributed by atoms with Crippen molar-refractivity contribution in [2.45, 2.75) is 50.9 Å². The zero-order valence-electron chi connectivity index (χ0n) is 8.71. The van der Waals surface area contributed by atoms with Crippen LogP contribution in [0.1, 0.15) is 33.1 Å². The van der Waals surface area contributed by atoms with Gasteiger partial charge in [-0.1, -0.05) is 12.2 Å². The second kappa shape index (κ2) is 3.09. The van der Waals surface area contributed by atoms with Gasteiger partial charge in [0.05, 0.1) is 12.5 Å². The average Bonchev–Trinajstić information content (AvgIpc) is 2.37. The van der Waals surface area contributed by atoms with Crippen molar-refractivity contribution < 1.29 is 14.3 Å². The van der Waals surface area contributed by atoms with Crippen LogP contribution in [0, 0.1) is 0 Å². The molecule has 2 fully saturated rings. The van der Waals surface area contributed by atoms with E-state index in [2.05, 4.69) is 6.58 Å². The lowest BCUT2D eigenvalue weighted by Gasteiger charge is -2.38. The Bertz CT molecular complexity index is 284. The van der Waals surface area contributed by atoms with E-state index in [1.165, 1.54) is 0 Å². The molecular weight excluding hydrogens is 180 g/mol. The van der Waals surface area contributed by atoms with Crippen molar-refractivity contribution in [3.63, 3.8) is 0 Å². The highest BCUT2D eigenvalue weighted by atomic mass is 16.6. The standard InChI is InChI=1S/C11H16O3/c1-7(2)8-4-5-11(3)9(13-8)6-10(12)14-11/h8-9H,1,4-6H2,2-3H3/t8-,9-,11-/m0/s1. The summed E-state index contributed by atoms with van der Waals surface area (Å²) in [6.45, 7) is 7.80. The van der Waals surface area contributed by atoms with Crippen LogP contribution in [0.25, 0.3) is 0 Å². The van der Waals surface area contributed by atoms with Crippen LogP contribution in [0.5, 0.6) is 0 Å². The first kappa shape index (κ1) is 9.71. The lowest BCUT2D eigenvalue weighted by Crippen LogP contribution is -2.45. The summed E-state index contributed by atoms with van der Waals surface area (Å²) >= 11 is 0. The quantitative estimate of drug-likeness (QED) is 0.474. The summed E-state index contributed by atoms with van der Waals surface area (Å²) in [7, 11) is 0. The molecule has 3 nitrogen and oxygen atoms in total. The maximum Gasteiger partial charge on any atom is 0.309 e. The van der Waals surface area contributed by atoms with E-state index in [4.69, 9.17) is 9.47 Å². The van der Waals surface area contributed by atoms with Crippen LogP contribution in [0.2, 0.25) is 0 Å². The first-order chi connectivity index (χ1) is 6.51. The maximum absolute atomic E-state index is 11.2. The highest BCUT2D eigenvalue weighted by Gasteiger charge is 2.50. The van der Waals surface area contributed by atoms with Crippen molar-refractivity contribution >= 4 is 5.97 Å². The smallest absolute Gasteiger partial charge is 0.309 e. The molecule has 14 heavy (non-hydrogen) atoms. The van der Waals surface area contributed by atoms with Crippen molar-refractivity contribution in [2.24, 2.45) is 0 Å². The first-order valence-corrected chi connectivity index (χ1v) is 5.04. The van der Waals surface area contributed by atoms with Gasteiger partial charge < -0.3 is 9.47 Å². The number of rotatable bonds is 1. The van der Waals surface area contributed by atoms with Crippen LogP contribution in [-0.4, -0.2) is 23.8 Å². The van der Waals surface area contributed by atoms with Crippen LogP contribution < -0.4 is 0 Å². The van der Waals surface area contributed by atoms with E-state index >= 15 is 0 Å². The lowest BCUT2D eigenvalue weighted by atomic mass is 9.87. The Morgan fingerprint density at radius 2 is 2.36 bits per heavy atom. The fourth-order valence-corrected chi connectivity index (χ4v) is 2.19. The zero-order valence-corrected chi connectivity index (χ0v) is 8.71. The molecule has 0 spiro atoms. The normalized spacial score (nSPS) is 41.7. The number of hydrogen-bond acceptors (Lipinski definition) is 3. The summed E-state index contributed by atoms with van der Waals surface area (Å²) in [5.74, 6) is -0.139. The Hall–Kier alpha value is -0.830. The predicted octanol–water partition coefficient (Wildman–Crippen LogP) is 1.82. The summed E-state index contributed by atoms with van der Waals surface area (Å²) < 4.78 is 11.1. The molecular formula is C11H16O3. The monoisotopic (exact) mass is 196 g/mol. The number of carbonyl (C=O) groups excluding carboxylic acids is 1. The summed E-state index contributed by atoms with van der Waals surface area (Å²) in [5, 5.41) is 0. The van der Waals surface area contributed by atoms with Gasteiger partial charge in [-0.25, -0.2) is 0 Å². The van der Waals surface area contributed by atoms with E-state index in [0.29, 0.717) is 6.42 Å². The van der Waals surface area contributed by atoms with Gasteiger partial charge >= 0.3 is 5.97 Å². The Kier molecular flexibility index (Phi) is 2.14. The summed E-state index contributed by atoms with van der Waals surface area (Å²) in [6.07, 6.45) is 2.18. The molecule has 2 saturated heterocycles. The minimum Gasteiger partial charge on any atom is -0.456 e. The van der Waals surface area contributed by atoms with Gasteiger partial charge in [-0.15, -0.1) is 0 Å². The summed E-state index contributed by atoms with van der Waals surface area (Å²) in [6, 6.07) is 0. The van der Waals surface area contributed by atoms with Crippen LogP contribution >= 0.6 is 0 Å². The highest BCUT2D eigenvalue weighted by Crippen LogP contribution is 2.40. The van der Waals surface area contributed by atoms with Gasteiger partial charge in [0.25, 0.3) is 0 Å². The van der Waals surface area contributed by atoms with E-state index < -0.39 is 0 Å². The summed E-state index contributed by atoms with van der Waals surface area (Å²) in [4.78, 5) is 11.2. The average molecular weight is 196 g/mol. The van der Waals surface area contributed by atoms with Crippen molar-refractivity contribution in [1.82, 2.24) is 0 Å². The molecule has 0 radical (unpaired) electrons. The lowest BCUT2D eigenvalue weighted by molar-refractivity contribution is -0.161. The number of hydrogen-bond donors (Lipinski definition) is 0. The molecule has 3 atom stereocenters.